The number of rotatable bonds is 8. The van der Waals surface area contributed by atoms with Gasteiger partial charge in [0.2, 0.25) is 15.9 Å². The van der Waals surface area contributed by atoms with E-state index in [-0.39, 0.29) is 5.91 Å². The molecular formula is C30H37N5O4S. The van der Waals surface area contributed by atoms with Gasteiger partial charge in [0.25, 0.3) is 5.91 Å². The number of H-pyrrole nitrogens is 1. The van der Waals surface area contributed by atoms with Crippen molar-refractivity contribution in [2.24, 2.45) is 5.73 Å². The molecule has 40 heavy (non-hydrogen) atoms. The number of fused-ring (bicyclic) bond motifs is 1. The first-order valence-corrected chi connectivity index (χ1v) is 15.7. The van der Waals surface area contributed by atoms with E-state index in [0.717, 1.165) is 58.7 Å². The van der Waals surface area contributed by atoms with E-state index in [1.807, 2.05) is 43.3 Å². The van der Waals surface area contributed by atoms with Crippen molar-refractivity contribution in [3.63, 3.8) is 0 Å². The molecule has 4 N–H and O–H groups in total. The fourth-order valence-electron chi connectivity index (χ4n) is 5.75. The summed E-state index contributed by atoms with van der Waals surface area (Å²) >= 11 is 0. The number of piperidine rings is 1. The van der Waals surface area contributed by atoms with Crippen LogP contribution in [0.25, 0.3) is 27.6 Å². The summed E-state index contributed by atoms with van der Waals surface area (Å²) in [6.45, 7) is 5.57. The molecule has 0 bridgehead atoms. The van der Waals surface area contributed by atoms with Crippen molar-refractivity contribution in [2.45, 2.75) is 39.0 Å². The number of carbonyl (C=O) groups excluding carboxylic acids is 2. The second-order valence-corrected chi connectivity index (χ2v) is 12.8. The minimum Gasteiger partial charge on any atom is -0.366 e. The lowest BCUT2D eigenvalue weighted by atomic mass is 9.94. The number of likely N-dealkylation sites (tertiary alicyclic amines) is 1. The molecule has 3 aromatic rings. The number of carbonyl (C=O) groups is 2. The lowest BCUT2D eigenvalue weighted by molar-refractivity contribution is -0.116. The molecule has 0 unspecified atom stereocenters. The molecule has 1 fully saturated rings. The second kappa shape index (κ2) is 11.6. The fraction of sp³-hybridized carbons (Fsp3) is 0.400. The summed E-state index contributed by atoms with van der Waals surface area (Å²) in [6, 6.07) is 11.5. The number of nitrogens with one attached hydrogen (secondary N) is 2. The van der Waals surface area contributed by atoms with E-state index in [2.05, 4.69) is 15.2 Å². The van der Waals surface area contributed by atoms with Gasteiger partial charge in [0, 0.05) is 42.8 Å². The maximum absolute atomic E-state index is 12.8. The minimum absolute atomic E-state index is 0.00338. The van der Waals surface area contributed by atoms with Gasteiger partial charge in [-0.25, -0.2) is 8.42 Å². The topological polar surface area (TPSA) is 129 Å². The number of sulfonamides is 1. The van der Waals surface area contributed by atoms with Crippen LogP contribution in [-0.4, -0.2) is 73.4 Å². The van der Waals surface area contributed by atoms with Gasteiger partial charge in [0.15, 0.2) is 0 Å². The van der Waals surface area contributed by atoms with Crippen molar-refractivity contribution >= 4 is 44.0 Å². The lowest BCUT2D eigenvalue weighted by Crippen LogP contribution is -2.33. The number of primary amides is 1. The number of aromatic amines is 1. The SMILES string of the molecule is Cc1c(NC(=O)CCN2CCCCC2)cccc1-c1ccc(C(N)=O)c2[nH]c(C3=CCN(S(C)(=O)=O)CC3)cc12. The predicted molar refractivity (Wildman–Crippen MR) is 160 cm³/mol. The average Bonchev–Trinajstić information content (AvgIpc) is 3.38. The third-order valence-electron chi connectivity index (χ3n) is 8.05. The Morgan fingerprint density at radius 1 is 1.05 bits per heavy atom. The molecule has 2 aliphatic rings. The highest BCUT2D eigenvalue weighted by atomic mass is 32.2. The number of benzene rings is 2. The molecule has 2 aromatic carbocycles. The number of anilines is 1. The normalized spacial score (nSPS) is 17.1. The van der Waals surface area contributed by atoms with E-state index in [1.165, 1.54) is 29.8 Å². The largest absolute Gasteiger partial charge is 0.366 e. The Bertz CT molecular complexity index is 1580. The molecule has 0 radical (unpaired) electrons. The highest BCUT2D eigenvalue weighted by Crippen LogP contribution is 2.37. The summed E-state index contributed by atoms with van der Waals surface area (Å²) in [5, 5.41) is 3.94. The number of amides is 2. The van der Waals surface area contributed by atoms with E-state index >= 15 is 0 Å². The molecule has 1 aromatic heterocycles. The fourth-order valence-corrected chi connectivity index (χ4v) is 6.52. The summed E-state index contributed by atoms with van der Waals surface area (Å²) in [5.41, 5.74) is 12.1. The van der Waals surface area contributed by atoms with Crippen LogP contribution in [-0.2, 0) is 14.8 Å². The first-order valence-electron chi connectivity index (χ1n) is 13.8. The molecular weight excluding hydrogens is 526 g/mol. The smallest absolute Gasteiger partial charge is 0.250 e. The number of aromatic nitrogens is 1. The van der Waals surface area contributed by atoms with Gasteiger partial charge >= 0.3 is 0 Å². The predicted octanol–water partition coefficient (Wildman–Crippen LogP) is 4.11. The van der Waals surface area contributed by atoms with E-state index in [1.54, 1.807) is 6.07 Å². The molecule has 1 saturated heterocycles. The zero-order valence-corrected chi connectivity index (χ0v) is 23.9. The van der Waals surface area contributed by atoms with Crippen LogP contribution in [0, 0.1) is 6.92 Å². The molecule has 5 rings (SSSR count). The zero-order valence-electron chi connectivity index (χ0n) is 23.1. The van der Waals surface area contributed by atoms with Crippen molar-refractivity contribution in [2.75, 3.05) is 44.3 Å². The van der Waals surface area contributed by atoms with Crippen LogP contribution in [0.15, 0.2) is 42.5 Å². The zero-order chi connectivity index (χ0) is 28.4. The highest BCUT2D eigenvalue weighted by molar-refractivity contribution is 7.88. The Kier molecular flexibility index (Phi) is 8.11. The van der Waals surface area contributed by atoms with Gasteiger partial charge in [-0.2, -0.15) is 4.31 Å². The Morgan fingerprint density at radius 3 is 2.50 bits per heavy atom. The maximum atomic E-state index is 12.8. The standard InChI is InChI=1S/C30H37N5O4S/c1-20-22(7-6-8-26(20)32-28(36)13-16-34-14-4-3-5-15-34)23-9-10-24(30(31)37)29-25(23)19-27(33-29)21-11-17-35(18-12-21)40(2,38)39/h6-11,19,33H,3-5,12-18H2,1-2H3,(H2,31,37)(H,32,36). The van der Waals surface area contributed by atoms with Crippen molar-refractivity contribution in [3.05, 3.63) is 59.3 Å². The van der Waals surface area contributed by atoms with Crippen molar-refractivity contribution in [1.82, 2.24) is 14.2 Å². The van der Waals surface area contributed by atoms with Crippen LogP contribution >= 0.6 is 0 Å². The molecule has 9 nitrogen and oxygen atoms in total. The summed E-state index contributed by atoms with van der Waals surface area (Å²) in [4.78, 5) is 30.8. The van der Waals surface area contributed by atoms with Gasteiger partial charge in [-0.1, -0.05) is 30.7 Å². The van der Waals surface area contributed by atoms with Gasteiger partial charge < -0.3 is 20.9 Å². The number of hydrogen-bond donors (Lipinski definition) is 3. The second-order valence-electron chi connectivity index (χ2n) is 10.8. The first kappa shape index (κ1) is 28.1. The third kappa shape index (κ3) is 5.99. The van der Waals surface area contributed by atoms with Crippen LogP contribution in [0.5, 0.6) is 0 Å². The molecule has 3 heterocycles. The molecule has 0 atom stereocenters. The molecule has 2 aliphatic heterocycles. The maximum Gasteiger partial charge on any atom is 0.250 e. The number of hydrogen-bond acceptors (Lipinski definition) is 5. The lowest BCUT2D eigenvalue weighted by Gasteiger charge is -2.26. The van der Waals surface area contributed by atoms with Gasteiger partial charge in [-0.15, -0.1) is 0 Å². The van der Waals surface area contributed by atoms with Gasteiger partial charge in [-0.05, 0) is 79.7 Å². The van der Waals surface area contributed by atoms with Gasteiger partial charge in [0.05, 0.1) is 17.3 Å². The van der Waals surface area contributed by atoms with Crippen LogP contribution in [0.4, 0.5) is 5.69 Å². The highest BCUT2D eigenvalue weighted by Gasteiger charge is 2.23. The Balaban J connectivity index is 1.44. The molecule has 0 saturated carbocycles. The van der Waals surface area contributed by atoms with E-state index in [4.69, 9.17) is 5.73 Å². The van der Waals surface area contributed by atoms with Crippen LogP contribution in [0.2, 0.25) is 0 Å². The van der Waals surface area contributed by atoms with E-state index < -0.39 is 15.9 Å². The summed E-state index contributed by atoms with van der Waals surface area (Å²) in [5.74, 6) is -0.534. The minimum atomic E-state index is -3.26. The van der Waals surface area contributed by atoms with Crippen LogP contribution < -0.4 is 11.1 Å². The number of nitrogens with zero attached hydrogens (tertiary/aromatic N) is 2. The van der Waals surface area contributed by atoms with Crippen LogP contribution in [0.3, 0.4) is 0 Å². The van der Waals surface area contributed by atoms with Crippen molar-refractivity contribution in [3.8, 4) is 11.1 Å². The summed E-state index contributed by atoms with van der Waals surface area (Å²) in [7, 11) is -3.26. The Labute approximate surface area is 235 Å². The molecule has 0 spiro atoms. The monoisotopic (exact) mass is 563 g/mol. The van der Waals surface area contributed by atoms with Gasteiger partial charge in [0.1, 0.15) is 0 Å². The van der Waals surface area contributed by atoms with E-state index in [0.29, 0.717) is 37.0 Å². The summed E-state index contributed by atoms with van der Waals surface area (Å²) < 4.78 is 25.3. The quantitative estimate of drug-likeness (QED) is 0.380. The van der Waals surface area contributed by atoms with Crippen molar-refractivity contribution in [1.29, 1.82) is 0 Å². The van der Waals surface area contributed by atoms with E-state index in [9.17, 15) is 18.0 Å². The molecule has 2 amide bonds. The third-order valence-corrected chi connectivity index (χ3v) is 9.32. The van der Waals surface area contributed by atoms with Crippen LogP contribution in [0.1, 0.15) is 53.7 Å². The molecule has 212 valence electrons. The molecule has 10 heteroatoms. The van der Waals surface area contributed by atoms with Gasteiger partial charge in [-0.3, -0.25) is 9.59 Å². The average molecular weight is 564 g/mol. The summed E-state index contributed by atoms with van der Waals surface area (Å²) in [6.07, 6.45) is 7.79. The molecule has 0 aliphatic carbocycles. The first-order chi connectivity index (χ1) is 19.1. The van der Waals surface area contributed by atoms with Crippen molar-refractivity contribution < 1.29 is 18.0 Å². The Morgan fingerprint density at radius 2 is 1.82 bits per heavy atom. The Hall–Kier alpha value is -3.47. The number of nitrogens with two attached hydrogens (primary N) is 1.